The molecular weight excluding hydrogens is 262 g/mol. The molecule has 0 radical (unpaired) electrons. The summed E-state index contributed by atoms with van der Waals surface area (Å²) in [5.74, 6) is -1.20. The molecule has 0 saturated carbocycles. The number of alkyl halides is 1. The predicted molar refractivity (Wildman–Crippen MR) is 67.8 cm³/mol. The van der Waals surface area contributed by atoms with Crippen LogP contribution in [0, 0.1) is 11.6 Å². The Kier molecular flexibility index (Phi) is 3.79. The van der Waals surface area contributed by atoms with E-state index in [9.17, 15) is 8.78 Å². The van der Waals surface area contributed by atoms with E-state index in [0.29, 0.717) is 5.56 Å². The average molecular weight is 273 g/mol. The van der Waals surface area contributed by atoms with E-state index in [0.717, 1.165) is 17.4 Å². The molecule has 17 heavy (non-hydrogen) atoms. The second-order valence-corrected chi connectivity index (χ2v) is 5.36. The van der Waals surface area contributed by atoms with Crippen molar-refractivity contribution in [2.24, 2.45) is 0 Å². The van der Waals surface area contributed by atoms with Gasteiger partial charge in [0.05, 0.1) is 5.38 Å². The molecule has 0 nitrogen and oxygen atoms in total. The van der Waals surface area contributed by atoms with Crippen LogP contribution >= 0.6 is 22.9 Å². The molecule has 4 heteroatoms. The smallest absolute Gasteiger partial charge is 0.126 e. The second-order valence-electron chi connectivity index (χ2n) is 3.72. The standard InChI is InChI=1S/C13H11ClF2S/c1-2-11-3-4-12(17-11)13(14)8-5-9(15)7-10(16)6-8/h3-7,13H,2H2,1H3. The summed E-state index contributed by atoms with van der Waals surface area (Å²) in [6.07, 6.45) is 0.936. The molecule has 90 valence electrons. The van der Waals surface area contributed by atoms with Gasteiger partial charge < -0.3 is 0 Å². The van der Waals surface area contributed by atoms with Crippen LogP contribution < -0.4 is 0 Å². The van der Waals surface area contributed by atoms with E-state index >= 15 is 0 Å². The maximum atomic E-state index is 13.1. The van der Waals surface area contributed by atoms with Crippen molar-refractivity contribution in [3.8, 4) is 0 Å². The fourth-order valence-corrected chi connectivity index (χ4v) is 2.90. The number of benzene rings is 1. The van der Waals surface area contributed by atoms with Gasteiger partial charge in [-0.2, -0.15) is 0 Å². The van der Waals surface area contributed by atoms with Gasteiger partial charge in [-0.15, -0.1) is 22.9 Å². The zero-order valence-electron chi connectivity index (χ0n) is 9.21. The number of thiophene rings is 1. The molecule has 0 amide bonds. The lowest BCUT2D eigenvalue weighted by Gasteiger charge is -2.08. The fraction of sp³-hybridized carbons (Fsp3) is 0.231. The molecular formula is C13H11ClF2S. The molecule has 0 saturated heterocycles. The van der Waals surface area contributed by atoms with Crippen LogP contribution in [0.2, 0.25) is 0 Å². The number of rotatable bonds is 3. The van der Waals surface area contributed by atoms with Gasteiger partial charge in [-0.25, -0.2) is 8.78 Å². The van der Waals surface area contributed by atoms with Crippen molar-refractivity contribution in [2.75, 3.05) is 0 Å². The van der Waals surface area contributed by atoms with Crippen LogP contribution in [0.4, 0.5) is 8.78 Å². The molecule has 2 aromatic rings. The maximum absolute atomic E-state index is 13.1. The van der Waals surface area contributed by atoms with E-state index in [1.54, 1.807) is 11.3 Å². The summed E-state index contributed by atoms with van der Waals surface area (Å²) in [7, 11) is 0. The minimum atomic E-state index is -0.599. The molecule has 0 N–H and O–H groups in total. The first-order valence-corrected chi connectivity index (χ1v) is 6.54. The molecule has 1 atom stereocenters. The van der Waals surface area contributed by atoms with E-state index in [1.165, 1.54) is 17.0 Å². The quantitative estimate of drug-likeness (QED) is 0.696. The molecule has 0 fully saturated rings. The first-order valence-electron chi connectivity index (χ1n) is 5.29. The monoisotopic (exact) mass is 272 g/mol. The lowest BCUT2D eigenvalue weighted by Crippen LogP contribution is -1.93. The molecule has 2 rings (SSSR count). The number of aryl methyl sites for hydroxylation is 1. The topological polar surface area (TPSA) is 0 Å². The fourth-order valence-electron chi connectivity index (χ4n) is 1.61. The summed E-state index contributed by atoms with van der Waals surface area (Å²) in [6.45, 7) is 2.06. The Labute approximate surface area is 108 Å². The van der Waals surface area contributed by atoms with E-state index in [-0.39, 0.29) is 0 Å². The minimum absolute atomic E-state index is 0.452. The summed E-state index contributed by atoms with van der Waals surface area (Å²) in [6, 6.07) is 7.28. The zero-order valence-corrected chi connectivity index (χ0v) is 10.8. The van der Waals surface area contributed by atoms with Gasteiger partial charge in [-0.3, -0.25) is 0 Å². The Morgan fingerprint density at radius 1 is 1.18 bits per heavy atom. The summed E-state index contributed by atoms with van der Waals surface area (Å²) in [4.78, 5) is 2.12. The lowest BCUT2D eigenvalue weighted by molar-refractivity contribution is 0.580. The van der Waals surface area contributed by atoms with E-state index in [1.807, 2.05) is 12.1 Å². The van der Waals surface area contributed by atoms with Gasteiger partial charge >= 0.3 is 0 Å². The normalized spacial score (nSPS) is 12.7. The van der Waals surface area contributed by atoms with Crippen molar-refractivity contribution in [3.63, 3.8) is 0 Å². The van der Waals surface area contributed by atoms with Gasteiger partial charge in [0.15, 0.2) is 0 Å². The Balaban J connectivity index is 2.32. The maximum Gasteiger partial charge on any atom is 0.126 e. The van der Waals surface area contributed by atoms with Crippen LogP contribution in [0.3, 0.4) is 0 Å². The number of hydrogen-bond donors (Lipinski definition) is 0. The van der Waals surface area contributed by atoms with Crippen molar-refractivity contribution in [1.29, 1.82) is 0 Å². The van der Waals surface area contributed by atoms with Crippen LogP contribution in [0.1, 0.15) is 27.6 Å². The van der Waals surface area contributed by atoms with E-state index in [2.05, 4.69) is 6.92 Å². The predicted octanol–water partition coefficient (Wildman–Crippen LogP) is 4.92. The molecule has 0 aliphatic carbocycles. The SMILES string of the molecule is CCc1ccc(C(Cl)c2cc(F)cc(F)c2)s1. The van der Waals surface area contributed by atoms with Crippen LogP contribution in [0.15, 0.2) is 30.3 Å². The summed E-state index contributed by atoms with van der Waals surface area (Å²) >= 11 is 7.79. The highest BCUT2D eigenvalue weighted by Crippen LogP contribution is 2.34. The van der Waals surface area contributed by atoms with Crippen LogP contribution in [-0.4, -0.2) is 0 Å². The molecule has 0 bridgehead atoms. The average Bonchev–Trinajstić information content (AvgIpc) is 2.75. The molecule has 1 unspecified atom stereocenters. The summed E-state index contributed by atoms with van der Waals surface area (Å²) < 4.78 is 26.2. The Bertz CT molecular complexity index is 502. The van der Waals surface area contributed by atoms with E-state index < -0.39 is 17.0 Å². The molecule has 0 aliphatic heterocycles. The first-order chi connectivity index (χ1) is 8.10. The highest BCUT2D eigenvalue weighted by atomic mass is 35.5. The van der Waals surface area contributed by atoms with Crippen molar-refractivity contribution in [1.82, 2.24) is 0 Å². The van der Waals surface area contributed by atoms with Gasteiger partial charge in [-0.05, 0) is 36.2 Å². The Morgan fingerprint density at radius 2 is 1.82 bits per heavy atom. The highest BCUT2D eigenvalue weighted by molar-refractivity contribution is 7.12. The summed E-state index contributed by atoms with van der Waals surface area (Å²) in [5.41, 5.74) is 0.452. The lowest BCUT2D eigenvalue weighted by atomic mass is 10.1. The third kappa shape index (κ3) is 2.85. The number of hydrogen-bond acceptors (Lipinski definition) is 1. The van der Waals surface area contributed by atoms with Gasteiger partial charge in [0, 0.05) is 15.8 Å². The third-order valence-electron chi connectivity index (χ3n) is 2.46. The summed E-state index contributed by atoms with van der Waals surface area (Å²) in [5, 5.41) is -0.495. The highest BCUT2D eigenvalue weighted by Gasteiger charge is 2.15. The van der Waals surface area contributed by atoms with E-state index in [4.69, 9.17) is 11.6 Å². The Hall–Kier alpha value is -0.930. The van der Waals surface area contributed by atoms with Gasteiger partial charge in [-0.1, -0.05) is 6.92 Å². The van der Waals surface area contributed by atoms with Gasteiger partial charge in [0.1, 0.15) is 11.6 Å². The largest absolute Gasteiger partial charge is 0.207 e. The second kappa shape index (κ2) is 5.15. The molecule has 1 aromatic heterocycles. The molecule has 1 heterocycles. The van der Waals surface area contributed by atoms with Crippen LogP contribution in [0.5, 0.6) is 0 Å². The minimum Gasteiger partial charge on any atom is -0.207 e. The van der Waals surface area contributed by atoms with Crippen LogP contribution in [0.25, 0.3) is 0 Å². The van der Waals surface area contributed by atoms with Crippen LogP contribution in [-0.2, 0) is 6.42 Å². The Morgan fingerprint density at radius 3 is 2.35 bits per heavy atom. The molecule has 0 spiro atoms. The van der Waals surface area contributed by atoms with Gasteiger partial charge in [0.2, 0.25) is 0 Å². The van der Waals surface area contributed by atoms with Crippen molar-refractivity contribution >= 4 is 22.9 Å². The molecule has 1 aromatic carbocycles. The number of halogens is 3. The first kappa shape index (κ1) is 12.5. The molecule has 0 aliphatic rings. The van der Waals surface area contributed by atoms with Crippen molar-refractivity contribution in [2.45, 2.75) is 18.7 Å². The van der Waals surface area contributed by atoms with Crippen molar-refractivity contribution in [3.05, 3.63) is 57.3 Å². The van der Waals surface area contributed by atoms with Gasteiger partial charge in [0.25, 0.3) is 0 Å². The zero-order chi connectivity index (χ0) is 12.4. The third-order valence-corrected chi connectivity index (χ3v) is 4.37. The van der Waals surface area contributed by atoms with Crippen molar-refractivity contribution < 1.29 is 8.78 Å².